The van der Waals surface area contributed by atoms with Gasteiger partial charge in [-0.1, -0.05) is 0 Å². The maximum Gasteiger partial charge on any atom is 0.184 e. The molecule has 0 radical (unpaired) electrons. The molecule has 0 unspecified atom stereocenters. The van der Waals surface area contributed by atoms with Crippen LogP contribution in [0.4, 0.5) is 0 Å². The molecule has 2 rings (SSSR count). The Kier molecular flexibility index (Phi) is 11.3. The van der Waals surface area contributed by atoms with Gasteiger partial charge >= 0.3 is 0 Å². The topological polar surface area (TPSA) is 153 Å². The van der Waals surface area contributed by atoms with Crippen molar-refractivity contribution in [1.82, 2.24) is 21.0 Å². The zero-order valence-corrected chi connectivity index (χ0v) is 23.3. The number of piperidine rings is 2. The second-order valence-corrected chi connectivity index (χ2v) is 11.7. The molecule has 10 nitrogen and oxygen atoms in total. The number of thiocarbonyl (C=S) groups is 2. The van der Waals surface area contributed by atoms with Crippen molar-refractivity contribution in [3.63, 3.8) is 0 Å². The van der Waals surface area contributed by atoms with E-state index < -0.39 is 22.2 Å². The quantitative estimate of drug-likeness (QED) is 0.231. The molecule has 2 fully saturated rings. The van der Waals surface area contributed by atoms with Crippen LogP contribution in [0.25, 0.3) is 0 Å². The van der Waals surface area contributed by atoms with Crippen LogP contribution >= 0.6 is 24.4 Å². The summed E-state index contributed by atoms with van der Waals surface area (Å²) >= 11 is 9.38. The third-order valence-electron chi connectivity index (χ3n) is 5.39. The van der Waals surface area contributed by atoms with Crippen LogP contribution in [0.15, 0.2) is 10.2 Å². The zero-order chi connectivity index (χ0) is 25.1. The van der Waals surface area contributed by atoms with E-state index in [1.54, 1.807) is 0 Å². The van der Waals surface area contributed by atoms with Crippen LogP contribution in [-0.4, -0.2) is 53.9 Å². The summed E-state index contributed by atoms with van der Waals surface area (Å²) in [6.07, 6.45) is 2.48. The number of nitrogens with two attached hydrogens (primary N) is 2. The predicted octanol–water partition coefficient (Wildman–Crippen LogP) is 2.65. The first-order chi connectivity index (χ1) is 14.3. The van der Waals surface area contributed by atoms with Crippen molar-refractivity contribution in [2.45, 2.75) is 103 Å². The first kappa shape index (κ1) is 32.1. The van der Waals surface area contributed by atoms with E-state index >= 15 is 0 Å². The van der Waals surface area contributed by atoms with Crippen LogP contribution < -0.4 is 22.3 Å². The summed E-state index contributed by atoms with van der Waals surface area (Å²) in [7, 11) is 0. The molecule has 0 aromatic heterocycles. The summed E-state index contributed by atoms with van der Waals surface area (Å²) in [5, 5.41) is 35.0. The average molecular weight is 545 g/mol. The minimum Gasteiger partial charge on any atom is -0.784 e. The Morgan fingerprint density at radius 1 is 0.697 bits per heavy atom. The van der Waals surface area contributed by atoms with Gasteiger partial charge in [-0.2, -0.15) is 10.2 Å². The number of rotatable bonds is 2. The van der Waals surface area contributed by atoms with E-state index in [2.05, 4.69) is 45.5 Å². The van der Waals surface area contributed by atoms with Gasteiger partial charge in [0.25, 0.3) is 0 Å². The van der Waals surface area contributed by atoms with E-state index in [-0.39, 0.29) is 26.7 Å². The van der Waals surface area contributed by atoms with E-state index in [1.807, 2.05) is 55.4 Å². The van der Waals surface area contributed by atoms with Crippen LogP contribution in [0.3, 0.4) is 0 Å². The molecule has 0 atom stereocenters. The summed E-state index contributed by atoms with van der Waals surface area (Å²) in [6, 6.07) is 0. The molecule has 0 bridgehead atoms. The number of hydrogen-bond donors (Lipinski definition) is 4. The largest absolute Gasteiger partial charge is 0.784 e. The molecule has 2 aliphatic rings. The standard InChI is InChI=1S/2C10H19N4OS.Ni/c2*1-9(2)5-7(12-13-8(11)16)6-10(3,4)14(9)15;/h2*5-6H2,1-4H3,(H3,11,13,16);/q2*-1;. The Hall–Kier alpha value is -0.946. The van der Waals surface area contributed by atoms with Gasteiger partial charge in [0, 0.05) is 75.8 Å². The summed E-state index contributed by atoms with van der Waals surface area (Å²) in [4.78, 5) is 0. The third kappa shape index (κ3) is 9.31. The van der Waals surface area contributed by atoms with Crippen LogP contribution in [0.5, 0.6) is 0 Å². The van der Waals surface area contributed by atoms with Crippen molar-refractivity contribution >= 4 is 46.1 Å². The number of nitrogens with zero attached hydrogens (tertiary/aromatic N) is 4. The van der Waals surface area contributed by atoms with Crippen molar-refractivity contribution in [3.8, 4) is 0 Å². The monoisotopic (exact) mass is 544 g/mol. The molecule has 0 aromatic rings. The molecule has 194 valence electrons. The molecule has 0 saturated carbocycles. The van der Waals surface area contributed by atoms with Crippen LogP contribution in [0, 0.1) is 10.4 Å². The predicted molar refractivity (Wildman–Crippen MR) is 140 cm³/mol. The Bertz CT molecular complexity index is 680. The van der Waals surface area contributed by atoms with Gasteiger partial charge in [-0.25, -0.2) is 0 Å². The molecule has 2 aliphatic heterocycles. The molecule has 0 aromatic carbocycles. The maximum absolute atomic E-state index is 12.0. The summed E-state index contributed by atoms with van der Waals surface area (Å²) < 4.78 is 0. The second-order valence-electron chi connectivity index (χ2n) is 10.9. The SMILES string of the molecule is CC1(C)CC(=NNC(N)=S)CC(C)(C)N1[O-].CC1(C)CC(=NNC(N)=S)CC(C)(C)N1[O-].[Ni]. The smallest absolute Gasteiger partial charge is 0.184 e. The van der Waals surface area contributed by atoms with Gasteiger partial charge in [0.2, 0.25) is 0 Å². The van der Waals surface area contributed by atoms with Crippen molar-refractivity contribution in [2.75, 3.05) is 0 Å². The van der Waals surface area contributed by atoms with Gasteiger partial charge in [-0.15, -0.1) is 0 Å². The van der Waals surface area contributed by atoms with Gasteiger partial charge in [0.1, 0.15) is 0 Å². The molecule has 0 spiro atoms. The molecule has 0 amide bonds. The van der Waals surface area contributed by atoms with E-state index in [1.165, 1.54) is 0 Å². The average Bonchev–Trinajstić information content (AvgIpc) is 2.60. The Morgan fingerprint density at radius 2 is 0.909 bits per heavy atom. The molecule has 2 heterocycles. The number of hydrazone groups is 2. The number of hydrogen-bond acceptors (Lipinski definition) is 8. The van der Waals surface area contributed by atoms with Crippen LogP contribution in [0.2, 0.25) is 0 Å². The normalized spacial score (nSPS) is 23.2. The summed E-state index contributed by atoms with van der Waals surface area (Å²) in [5.41, 5.74) is 15.9. The summed E-state index contributed by atoms with van der Waals surface area (Å²) in [6.45, 7) is 15.3. The maximum atomic E-state index is 12.0. The fourth-order valence-corrected chi connectivity index (χ4v) is 4.57. The molecule has 33 heavy (non-hydrogen) atoms. The van der Waals surface area contributed by atoms with Crippen LogP contribution in [-0.2, 0) is 16.5 Å². The van der Waals surface area contributed by atoms with E-state index in [9.17, 15) is 10.4 Å². The van der Waals surface area contributed by atoms with Gasteiger partial charge < -0.3 is 32.0 Å². The molecule has 13 heteroatoms. The fourth-order valence-electron chi connectivity index (χ4n) is 4.47. The molecular weight excluding hydrogens is 507 g/mol. The van der Waals surface area contributed by atoms with Crippen molar-refractivity contribution < 1.29 is 16.5 Å². The van der Waals surface area contributed by atoms with E-state index in [0.29, 0.717) is 25.7 Å². The van der Waals surface area contributed by atoms with E-state index in [4.69, 9.17) is 11.5 Å². The first-order valence-electron chi connectivity index (χ1n) is 10.5. The molecule has 6 N–H and O–H groups in total. The van der Waals surface area contributed by atoms with Gasteiger partial charge in [0.05, 0.1) is 0 Å². The Labute approximate surface area is 218 Å². The Morgan fingerprint density at radius 3 is 1.09 bits per heavy atom. The Balaban J connectivity index is 0.000000602. The molecule has 0 aliphatic carbocycles. The third-order valence-corrected chi connectivity index (χ3v) is 5.58. The minimum atomic E-state index is -0.446. The fraction of sp³-hybridized carbons (Fsp3) is 0.800. The van der Waals surface area contributed by atoms with E-state index in [0.717, 1.165) is 21.5 Å². The molecule has 2 saturated heterocycles. The zero-order valence-electron chi connectivity index (χ0n) is 20.7. The van der Waals surface area contributed by atoms with Gasteiger partial charge in [-0.3, -0.25) is 10.9 Å². The van der Waals surface area contributed by atoms with Crippen molar-refractivity contribution in [3.05, 3.63) is 10.4 Å². The van der Waals surface area contributed by atoms with Crippen molar-refractivity contribution in [1.29, 1.82) is 0 Å². The van der Waals surface area contributed by atoms with Crippen LogP contribution in [0.1, 0.15) is 81.1 Å². The van der Waals surface area contributed by atoms with Gasteiger partial charge in [-0.05, 0) is 79.8 Å². The summed E-state index contributed by atoms with van der Waals surface area (Å²) in [5.74, 6) is 0. The van der Waals surface area contributed by atoms with Crippen molar-refractivity contribution in [2.24, 2.45) is 21.7 Å². The molecular formula is C20H38N8NiO2S2-2. The number of hydroxylamine groups is 4. The first-order valence-corrected chi connectivity index (χ1v) is 11.3. The second kappa shape index (κ2) is 11.7. The van der Waals surface area contributed by atoms with Gasteiger partial charge in [0.15, 0.2) is 10.2 Å². The number of nitrogens with one attached hydrogen (secondary N) is 2. The minimum absolute atomic E-state index is 0.